The number of hydrogen-bond donors (Lipinski definition) is 1. The molecule has 12 heavy (non-hydrogen) atoms. The molecule has 2 N–H and O–H groups in total. The minimum atomic E-state index is -0.763. The van der Waals surface area contributed by atoms with E-state index in [1.807, 2.05) is 0 Å². The molecule has 0 radical (unpaired) electrons. The molecule has 66 valence electrons. The normalized spacial score (nSPS) is 9.75. The van der Waals surface area contributed by atoms with Crippen LogP contribution in [-0.4, -0.2) is 22.5 Å². The van der Waals surface area contributed by atoms with Gasteiger partial charge in [-0.3, -0.25) is 4.68 Å². The number of aromatic nitrogens is 2. The average molecular weight is 234 g/mol. The highest BCUT2D eigenvalue weighted by atomic mass is 79.9. The van der Waals surface area contributed by atoms with Crippen LogP contribution in [0.25, 0.3) is 0 Å². The number of hydrogen-bond acceptors (Lipinski definition) is 3. The van der Waals surface area contributed by atoms with Gasteiger partial charge >= 0.3 is 6.09 Å². The topological polar surface area (TPSA) is 70.1 Å². The fraction of sp³-hybridized carbons (Fsp3) is 0.333. The quantitative estimate of drug-likeness (QED) is 0.838. The first-order valence-electron chi connectivity index (χ1n) is 3.28. The lowest BCUT2D eigenvalue weighted by Crippen LogP contribution is -2.16. The van der Waals surface area contributed by atoms with Gasteiger partial charge in [0.25, 0.3) is 0 Å². The Morgan fingerprint density at radius 1 is 1.83 bits per heavy atom. The van der Waals surface area contributed by atoms with Crippen LogP contribution < -0.4 is 5.73 Å². The summed E-state index contributed by atoms with van der Waals surface area (Å²) in [6.07, 6.45) is 2.68. The molecule has 0 unspecified atom stereocenters. The average Bonchev–Trinajstić information content (AvgIpc) is 2.35. The molecule has 6 heteroatoms. The van der Waals surface area contributed by atoms with E-state index in [0.29, 0.717) is 6.54 Å². The number of ether oxygens (including phenoxy) is 1. The van der Waals surface area contributed by atoms with Gasteiger partial charge in [0.2, 0.25) is 0 Å². The van der Waals surface area contributed by atoms with Crippen LogP contribution in [0, 0.1) is 0 Å². The molecule has 0 aliphatic rings. The third-order valence-corrected chi connectivity index (χ3v) is 1.58. The molecule has 1 heterocycles. The lowest BCUT2D eigenvalue weighted by Gasteiger charge is -2.00. The number of nitrogens with two attached hydrogens (primary N) is 1. The zero-order valence-corrected chi connectivity index (χ0v) is 7.82. The van der Waals surface area contributed by atoms with Crippen LogP contribution in [0.1, 0.15) is 0 Å². The Labute approximate surface area is 77.6 Å². The highest BCUT2D eigenvalue weighted by molar-refractivity contribution is 9.10. The van der Waals surface area contributed by atoms with Gasteiger partial charge in [-0.2, -0.15) is 5.10 Å². The van der Waals surface area contributed by atoms with Crippen molar-refractivity contribution in [1.82, 2.24) is 9.78 Å². The van der Waals surface area contributed by atoms with E-state index in [2.05, 4.69) is 25.8 Å². The Balaban J connectivity index is 2.29. The first-order chi connectivity index (χ1) is 5.68. The fourth-order valence-corrected chi connectivity index (χ4v) is 1.03. The van der Waals surface area contributed by atoms with Gasteiger partial charge in [-0.1, -0.05) is 0 Å². The van der Waals surface area contributed by atoms with E-state index < -0.39 is 6.09 Å². The summed E-state index contributed by atoms with van der Waals surface area (Å²) in [6, 6.07) is 0. The summed E-state index contributed by atoms with van der Waals surface area (Å²) in [4.78, 5) is 10.2. The highest BCUT2D eigenvalue weighted by Crippen LogP contribution is 2.05. The molecule has 1 amide bonds. The zero-order chi connectivity index (χ0) is 8.97. The highest BCUT2D eigenvalue weighted by Gasteiger charge is 1.96. The van der Waals surface area contributed by atoms with Crippen molar-refractivity contribution >= 4 is 22.0 Å². The summed E-state index contributed by atoms with van der Waals surface area (Å²) in [7, 11) is 0. The second-order valence-electron chi connectivity index (χ2n) is 2.09. The molecule has 0 saturated carbocycles. The van der Waals surface area contributed by atoms with Crippen molar-refractivity contribution in [1.29, 1.82) is 0 Å². The van der Waals surface area contributed by atoms with Crippen molar-refractivity contribution < 1.29 is 9.53 Å². The van der Waals surface area contributed by atoms with Crippen molar-refractivity contribution in [3.63, 3.8) is 0 Å². The van der Waals surface area contributed by atoms with Gasteiger partial charge in [0.15, 0.2) is 0 Å². The molecule has 1 aromatic heterocycles. The molecule has 0 spiro atoms. The molecule has 1 aromatic rings. The van der Waals surface area contributed by atoms with E-state index in [1.54, 1.807) is 17.1 Å². The SMILES string of the molecule is NC(=O)OCCn1cc(Br)cn1. The van der Waals surface area contributed by atoms with E-state index in [0.717, 1.165) is 4.47 Å². The first-order valence-corrected chi connectivity index (χ1v) is 4.08. The van der Waals surface area contributed by atoms with Crippen LogP contribution in [0.2, 0.25) is 0 Å². The summed E-state index contributed by atoms with van der Waals surface area (Å²) in [6.45, 7) is 0.748. The number of carbonyl (C=O) groups is 1. The Morgan fingerprint density at radius 2 is 2.58 bits per heavy atom. The molecule has 5 nitrogen and oxygen atoms in total. The molecule has 0 aromatic carbocycles. The van der Waals surface area contributed by atoms with Gasteiger partial charge < -0.3 is 10.5 Å². The Bertz CT molecular complexity index is 274. The third-order valence-electron chi connectivity index (χ3n) is 1.17. The van der Waals surface area contributed by atoms with Gasteiger partial charge in [-0.15, -0.1) is 0 Å². The molecule has 1 rings (SSSR count). The number of carbonyl (C=O) groups excluding carboxylic acids is 1. The summed E-state index contributed by atoms with van der Waals surface area (Å²) >= 11 is 3.24. The van der Waals surface area contributed by atoms with E-state index >= 15 is 0 Å². The minimum absolute atomic E-state index is 0.240. The minimum Gasteiger partial charge on any atom is -0.448 e. The van der Waals surface area contributed by atoms with Crippen LogP contribution in [0.5, 0.6) is 0 Å². The maximum atomic E-state index is 10.2. The maximum Gasteiger partial charge on any atom is 0.404 e. The molecule has 0 aliphatic carbocycles. The summed E-state index contributed by atoms with van der Waals surface area (Å²) in [5, 5.41) is 3.95. The number of amides is 1. The first kappa shape index (κ1) is 9.05. The Morgan fingerprint density at radius 3 is 3.08 bits per heavy atom. The summed E-state index contributed by atoms with van der Waals surface area (Å²) in [5.74, 6) is 0. The second-order valence-corrected chi connectivity index (χ2v) is 3.00. The largest absolute Gasteiger partial charge is 0.448 e. The van der Waals surface area contributed by atoms with Crippen LogP contribution in [0.15, 0.2) is 16.9 Å². The van der Waals surface area contributed by atoms with Gasteiger partial charge in [-0.05, 0) is 15.9 Å². The van der Waals surface area contributed by atoms with Gasteiger partial charge in [-0.25, -0.2) is 4.79 Å². The lowest BCUT2D eigenvalue weighted by atomic mass is 10.7. The molecular formula is C6H8BrN3O2. The Hall–Kier alpha value is -1.04. The molecule has 0 aliphatic heterocycles. The fourth-order valence-electron chi connectivity index (χ4n) is 0.700. The smallest absolute Gasteiger partial charge is 0.404 e. The van der Waals surface area contributed by atoms with E-state index in [9.17, 15) is 4.79 Å². The number of rotatable bonds is 3. The van der Waals surface area contributed by atoms with E-state index in [1.165, 1.54) is 0 Å². The van der Waals surface area contributed by atoms with Crippen molar-refractivity contribution in [3.05, 3.63) is 16.9 Å². The van der Waals surface area contributed by atoms with Gasteiger partial charge in [0, 0.05) is 6.20 Å². The molecule has 0 atom stereocenters. The summed E-state index contributed by atoms with van der Waals surface area (Å²) in [5.41, 5.74) is 4.76. The second kappa shape index (κ2) is 4.10. The van der Waals surface area contributed by atoms with Crippen molar-refractivity contribution in [2.24, 2.45) is 5.73 Å². The Kier molecular flexibility index (Phi) is 3.09. The summed E-state index contributed by atoms with van der Waals surface area (Å²) < 4.78 is 7.05. The standard InChI is InChI=1S/C6H8BrN3O2/c7-5-3-9-10(4-5)1-2-12-6(8)11/h3-4H,1-2H2,(H2,8,11). The molecule has 0 fully saturated rings. The van der Waals surface area contributed by atoms with Crippen LogP contribution in [0.4, 0.5) is 4.79 Å². The van der Waals surface area contributed by atoms with E-state index in [-0.39, 0.29) is 6.61 Å². The predicted molar refractivity (Wildman–Crippen MR) is 45.5 cm³/mol. The van der Waals surface area contributed by atoms with Crippen molar-refractivity contribution in [2.45, 2.75) is 6.54 Å². The van der Waals surface area contributed by atoms with Crippen LogP contribution in [-0.2, 0) is 11.3 Å². The van der Waals surface area contributed by atoms with Crippen molar-refractivity contribution in [2.75, 3.05) is 6.61 Å². The number of halogens is 1. The van der Waals surface area contributed by atoms with E-state index in [4.69, 9.17) is 5.73 Å². The zero-order valence-electron chi connectivity index (χ0n) is 6.24. The molecular weight excluding hydrogens is 226 g/mol. The predicted octanol–water partition coefficient (Wildman–Crippen LogP) is 0.741. The van der Waals surface area contributed by atoms with Crippen LogP contribution >= 0.6 is 15.9 Å². The van der Waals surface area contributed by atoms with Gasteiger partial charge in [0.1, 0.15) is 6.61 Å². The van der Waals surface area contributed by atoms with Gasteiger partial charge in [0.05, 0.1) is 17.2 Å². The van der Waals surface area contributed by atoms with Crippen LogP contribution in [0.3, 0.4) is 0 Å². The number of nitrogens with zero attached hydrogens (tertiary/aromatic N) is 2. The third kappa shape index (κ3) is 2.91. The maximum absolute atomic E-state index is 10.2. The van der Waals surface area contributed by atoms with Crippen molar-refractivity contribution in [3.8, 4) is 0 Å². The molecule has 0 saturated heterocycles. The molecule has 0 bridgehead atoms. The monoisotopic (exact) mass is 233 g/mol. The number of primary amides is 1. The lowest BCUT2D eigenvalue weighted by molar-refractivity contribution is 0.151.